The van der Waals surface area contributed by atoms with Crippen molar-refractivity contribution in [3.05, 3.63) is 6.33 Å². The second kappa shape index (κ2) is 9.29. The van der Waals surface area contributed by atoms with Crippen LogP contribution >= 0.6 is 7.26 Å². The molecule has 0 atom stereocenters. The molecular weight excluding hydrogens is 457 g/mol. The van der Waals surface area contributed by atoms with Crippen LogP contribution in [0.1, 0.15) is 60.4 Å². The Kier molecular flexibility index (Phi) is 7.14. The molecule has 2 heterocycles. The summed E-state index contributed by atoms with van der Waals surface area (Å²) < 4.78 is 18.8. The van der Waals surface area contributed by atoms with Crippen molar-refractivity contribution in [2.75, 3.05) is 32.2 Å². The number of imidazole rings is 1. The van der Waals surface area contributed by atoms with Crippen molar-refractivity contribution < 1.29 is 23.8 Å². The van der Waals surface area contributed by atoms with E-state index in [9.17, 15) is 9.59 Å². The molecule has 0 saturated heterocycles. The zero-order chi connectivity index (χ0) is 25.5. The predicted octanol–water partition coefficient (Wildman–Crippen LogP) is 3.59. The summed E-state index contributed by atoms with van der Waals surface area (Å²) in [5.74, 6) is -0.0165. The number of aromatic nitrogens is 4. The molecule has 2 aromatic heterocycles. The maximum absolute atomic E-state index is 12.5. The van der Waals surface area contributed by atoms with Gasteiger partial charge < -0.3 is 0 Å². The van der Waals surface area contributed by atoms with Gasteiger partial charge in [0.05, 0.1) is 0 Å². The monoisotopic (exact) mass is 495 g/mol. The number of hydrogen-bond acceptors (Lipinski definition) is 9. The van der Waals surface area contributed by atoms with Crippen LogP contribution in [-0.4, -0.2) is 63.6 Å². The molecule has 0 aliphatic heterocycles. The molecule has 190 valence electrons. The Hall–Kier alpha value is -2.48. The van der Waals surface area contributed by atoms with E-state index < -0.39 is 18.1 Å². The number of fused-ring (bicyclic) bond motifs is 1. The Morgan fingerprint density at radius 3 is 2.06 bits per heavy atom. The van der Waals surface area contributed by atoms with Crippen molar-refractivity contribution in [1.29, 1.82) is 0 Å². The van der Waals surface area contributed by atoms with E-state index in [1.54, 1.807) is 6.33 Å². The third kappa shape index (κ3) is 5.43. The van der Waals surface area contributed by atoms with Gasteiger partial charge in [-0.05, 0) is 0 Å². The molecule has 2 N–H and O–H groups in total. The van der Waals surface area contributed by atoms with Crippen LogP contribution in [0.3, 0.4) is 0 Å². The van der Waals surface area contributed by atoms with Crippen LogP contribution in [0.4, 0.5) is 5.95 Å². The van der Waals surface area contributed by atoms with Crippen LogP contribution in [0.15, 0.2) is 6.33 Å². The molecule has 10 nitrogen and oxygen atoms in total. The van der Waals surface area contributed by atoms with Crippen molar-refractivity contribution in [1.82, 2.24) is 19.5 Å². The first-order chi connectivity index (χ1) is 15.7. The normalized spacial score (nSPS) is 19.4. The van der Waals surface area contributed by atoms with Crippen molar-refractivity contribution in [2.45, 2.75) is 66.1 Å². The fourth-order valence-corrected chi connectivity index (χ4v) is 7.03. The van der Waals surface area contributed by atoms with Crippen molar-refractivity contribution >= 4 is 36.3 Å². The average Bonchev–Trinajstić information content (AvgIpc) is 3.10. The van der Waals surface area contributed by atoms with Crippen LogP contribution < -0.4 is 10.5 Å². The molecule has 1 fully saturated rings. The quantitative estimate of drug-likeness (QED) is 0.452. The summed E-state index contributed by atoms with van der Waals surface area (Å²) in [7, 11) is -0.779. The van der Waals surface area contributed by atoms with E-state index in [1.807, 2.05) is 46.1 Å². The first-order valence-corrected chi connectivity index (χ1v) is 14.5. The number of nitrogen functional groups attached to an aromatic ring is 1. The number of anilines is 1. The van der Waals surface area contributed by atoms with E-state index in [4.69, 9.17) is 19.9 Å². The first-order valence-electron chi connectivity index (χ1n) is 11.5. The van der Waals surface area contributed by atoms with E-state index in [2.05, 4.69) is 21.6 Å². The van der Waals surface area contributed by atoms with Gasteiger partial charge in [-0.1, -0.05) is 0 Å². The SMILES string of the molecule is COc1nc(N)nc2c1ncn2[C@H]1C[C@@H]([PH](C)(COC(=O)C(C)(C)C)COC(=O)C(C)(C)C)C1. The van der Waals surface area contributed by atoms with Gasteiger partial charge in [0.2, 0.25) is 0 Å². The number of carbonyl (C=O) groups is 2. The number of hydrogen-bond donors (Lipinski definition) is 1. The predicted molar refractivity (Wildman–Crippen MR) is 133 cm³/mol. The standard InChI is InChI=1S/C23H38N5O5P/c1-22(2,3)19(29)32-12-34(8,13-33-20(30)23(4,5)6)15-9-14(10-15)28-11-25-16-17(28)26-21(24)27-18(16)31-7/h11,14-15,34H,9-10,12-13H2,1-8H3,(H2,24,26,27)/t14-,15+. The third-order valence-electron chi connectivity index (χ3n) is 6.38. The molecule has 11 heteroatoms. The number of ether oxygens (including phenoxy) is 3. The molecule has 0 radical (unpaired) electrons. The Bertz CT molecular complexity index is 1040. The Balaban J connectivity index is 1.77. The van der Waals surface area contributed by atoms with E-state index in [1.165, 1.54) is 7.11 Å². The number of carbonyl (C=O) groups excluding carboxylic acids is 2. The van der Waals surface area contributed by atoms with Crippen LogP contribution in [0.25, 0.3) is 11.2 Å². The minimum atomic E-state index is -2.30. The Morgan fingerprint density at radius 1 is 1.06 bits per heavy atom. The summed E-state index contributed by atoms with van der Waals surface area (Å²) >= 11 is 0. The van der Waals surface area contributed by atoms with E-state index in [0.29, 0.717) is 35.4 Å². The average molecular weight is 496 g/mol. The maximum atomic E-state index is 12.5. The second-order valence-corrected chi connectivity index (χ2v) is 16.2. The summed E-state index contributed by atoms with van der Waals surface area (Å²) in [6.07, 6.45) is 4.05. The third-order valence-corrected chi connectivity index (χ3v) is 10.4. The molecule has 0 unspecified atom stereocenters. The van der Waals surface area contributed by atoms with Gasteiger partial charge in [-0.15, -0.1) is 0 Å². The summed E-state index contributed by atoms with van der Waals surface area (Å²) in [6, 6.07) is 0.164. The fraction of sp³-hybridized carbons (Fsp3) is 0.696. The van der Waals surface area contributed by atoms with Crippen molar-refractivity contribution in [2.24, 2.45) is 10.8 Å². The Labute approximate surface area is 201 Å². The van der Waals surface area contributed by atoms with Crippen molar-refractivity contribution in [3.8, 4) is 5.88 Å². The van der Waals surface area contributed by atoms with Gasteiger partial charge in [-0.2, -0.15) is 0 Å². The number of rotatable bonds is 7. The second-order valence-electron chi connectivity index (χ2n) is 11.5. The molecule has 0 bridgehead atoms. The van der Waals surface area contributed by atoms with Crippen LogP contribution in [-0.2, 0) is 19.1 Å². The Morgan fingerprint density at radius 2 is 1.59 bits per heavy atom. The summed E-state index contributed by atoms with van der Waals surface area (Å²) in [6.45, 7) is 13.1. The summed E-state index contributed by atoms with van der Waals surface area (Å²) in [5, 5.41) is 0. The molecule has 2 aromatic rings. The first kappa shape index (κ1) is 26.1. The summed E-state index contributed by atoms with van der Waals surface area (Å²) in [4.78, 5) is 37.8. The summed E-state index contributed by atoms with van der Waals surface area (Å²) in [5.41, 5.74) is 6.18. The minimum absolute atomic E-state index is 0.129. The molecule has 0 aromatic carbocycles. The molecule has 0 amide bonds. The van der Waals surface area contributed by atoms with Gasteiger partial charge in [0.1, 0.15) is 0 Å². The zero-order valence-electron chi connectivity index (χ0n) is 21.5. The molecule has 1 aliphatic carbocycles. The fourth-order valence-electron chi connectivity index (χ4n) is 3.87. The molecule has 1 saturated carbocycles. The zero-order valence-corrected chi connectivity index (χ0v) is 22.5. The molecule has 3 rings (SSSR count). The number of nitrogens with two attached hydrogens (primary N) is 1. The molecule has 1 aliphatic rings. The van der Waals surface area contributed by atoms with Gasteiger partial charge in [-0.3, -0.25) is 0 Å². The van der Waals surface area contributed by atoms with Gasteiger partial charge in [0.15, 0.2) is 0 Å². The van der Waals surface area contributed by atoms with Gasteiger partial charge in [0, 0.05) is 0 Å². The van der Waals surface area contributed by atoms with E-state index >= 15 is 0 Å². The molecule has 0 spiro atoms. The van der Waals surface area contributed by atoms with Gasteiger partial charge >= 0.3 is 201 Å². The molecule has 34 heavy (non-hydrogen) atoms. The van der Waals surface area contributed by atoms with E-state index in [0.717, 1.165) is 12.8 Å². The van der Waals surface area contributed by atoms with Crippen LogP contribution in [0.2, 0.25) is 0 Å². The van der Waals surface area contributed by atoms with Crippen LogP contribution in [0, 0.1) is 10.8 Å². The van der Waals surface area contributed by atoms with Crippen LogP contribution in [0.5, 0.6) is 5.88 Å². The van der Waals surface area contributed by atoms with Gasteiger partial charge in [-0.25, -0.2) is 0 Å². The number of esters is 2. The van der Waals surface area contributed by atoms with Gasteiger partial charge in [0.25, 0.3) is 0 Å². The molecular formula is C23H38N5O5P. The van der Waals surface area contributed by atoms with Crippen molar-refractivity contribution in [3.63, 3.8) is 0 Å². The van der Waals surface area contributed by atoms with E-state index in [-0.39, 0.29) is 23.9 Å². The number of methoxy groups -OCH3 is 1. The topological polar surface area (TPSA) is 131 Å². The number of nitrogens with zero attached hydrogens (tertiary/aromatic N) is 4.